The van der Waals surface area contributed by atoms with Crippen LogP contribution in [0.3, 0.4) is 0 Å². The highest BCUT2D eigenvalue weighted by Gasteiger charge is 2.14. The Labute approximate surface area is 111 Å². The first-order chi connectivity index (χ1) is 8.09. The van der Waals surface area contributed by atoms with Crippen LogP contribution in [0.2, 0.25) is 0 Å². The second kappa shape index (κ2) is 7.99. The Morgan fingerprint density at radius 2 is 2.06 bits per heavy atom. The molecule has 0 N–H and O–H groups in total. The minimum Gasteiger partial charge on any atom is -0.377 e. The van der Waals surface area contributed by atoms with E-state index in [9.17, 15) is 0 Å². The minimum atomic E-state index is 0.678. The number of rotatable bonds is 8. The summed E-state index contributed by atoms with van der Waals surface area (Å²) in [6.45, 7) is 10.8. The maximum Gasteiger partial charge on any atom is 0.0683 e. The van der Waals surface area contributed by atoms with Gasteiger partial charge < -0.3 is 4.74 Å². The van der Waals surface area contributed by atoms with E-state index in [1.807, 2.05) is 11.8 Å². The summed E-state index contributed by atoms with van der Waals surface area (Å²) < 4.78 is 5.85. The molecule has 1 nitrogen and oxygen atoms in total. The Morgan fingerprint density at radius 1 is 1.29 bits per heavy atom. The van der Waals surface area contributed by atoms with Crippen molar-refractivity contribution in [2.24, 2.45) is 11.8 Å². The van der Waals surface area contributed by atoms with Crippen molar-refractivity contribution in [3.05, 3.63) is 23.8 Å². The molecule has 0 aliphatic heterocycles. The van der Waals surface area contributed by atoms with Gasteiger partial charge in [-0.25, -0.2) is 0 Å². The molecule has 17 heavy (non-hydrogen) atoms. The number of ether oxygens (including phenoxy) is 1. The summed E-state index contributed by atoms with van der Waals surface area (Å²) in [6, 6.07) is 0. The monoisotopic (exact) mass is 254 g/mol. The normalized spacial score (nSPS) is 16.9. The molecule has 0 aromatic carbocycles. The van der Waals surface area contributed by atoms with Gasteiger partial charge in [0.05, 0.1) is 13.2 Å². The van der Waals surface area contributed by atoms with Crippen molar-refractivity contribution in [3.8, 4) is 0 Å². The molecule has 0 heterocycles. The largest absolute Gasteiger partial charge is 0.377 e. The van der Waals surface area contributed by atoms with Crippen LogP contribution in [0.5, 0.6) is 0 Å². The lowest BCUT2D eigenvalue weighted by Crippen LogP contribution is -2.20. The molecular weight excluding hydrogens is 228 g/mol. The van der Waals surface area contributed by atoms with E-state index in [2.05, 4.69) is 45.9 Å². The molecule has 1 rings (SSSR count). The summed E-state index contributed by atoms with van der Waals surface area (Å²) >= 11 is 2.04. The van der Waals surface area contributed by atoms with Crippen molar-refractivity contribution in [2.75, 3.05) is 19.0 Å². The molecule has 0 aromatic rings. The topological polar surface area (TPSA) is 9.23 Å². The maximum atomic E-state index is 5.85. The Bertz CT molecular complexity index is 266. The van der Waals surface area contributed by atoms with Gasteiger partial charge in [-0.2, -0.15) is 11.8 Å². The fourth-order valence-electron chi connectivity index (χ4n) is 1.69. The fourth-order valence-corrected chi connectivity index (χ4v) is 2.80. The standard InChI is InChI=1S/C15H26OS/c1-12(2)15(11-17-13(3)4)10-16-9-14-7-5-6-8-14/h5-7,12-13,15H,8-11H2,1-4H3. The van der Waals surface area contributed by atoms with E-state index in [1.165, 1.54) is 11.3 Å². The van der Waals surface area contributed by atoms with Gasteiger partial charge in [-0.3, -0.25) is 0 Å². The summed E-state index contributed by atoms with van der Waals surface area (Å²) in [4.78, 5) is 0. The molecule has 98 valence electrons. The highest BCUT2D eigenvalue weighted by molar-refractivity contribution is 7.99. The zero-order chi connectivity index (χ0) is 12.7. The number of allylic oxidation sites excluding steroid dienone is 3. The van der Waals surface area contributed by atoms with Gasteiger partial charge in [0.15, 0.2) is 0 Å². The van der Waals surface area contributed by atoms with E-state index < -0.39 is 0 Å². The van der Waals surface area contributed by atoms with Gasteiger partial charge in [0.1, 0.15) is 0 Å². The van der Waals surface area contributed by atoms with Crippen molar-refractivity contribution < 1.29 is 4.74 Å². The Balaban J connectivity index is 2.19. The summed E-state index contributed by atoms with van der Waals surface area (Å²) in [5, 5.41) is 0.720. The lowest BCUT2D eigenvalue weighted by atomic mass is 9.99. The lowest BCUT2D eigenvalue weighted by Gasteiger charge is -2.21. The van der Waals surface area contributed by atoms with Gasteiger partial charge >= 0.3 is 0 Å². The first kappa shape index (κ1) is 14.8. The first-order valence-electron chi connectivity index (χ1n) is 6.63. The second-order valence-corrected chi connectivity index (χ2v) is 6.97. The van der Waals surface area contributed by atoms with Crippen LogP contribution in [0.25, 0.3) is 0 Å². The van der Waals surface area contributed by atoms with Gasteiger partial charge in [-0.05, 0) is 34.8 Å². The summed E-state index contributed by atoms with van der Waals surface area (Å²) in [7, 11) is 0. The zero-order valence-electron chi connectivity index (χ0n) is 11.6. The van der Waals surface area contributed by atoms with Crippen LogP contribution in [-0.2, 0) is 4.74 Å². The molecule has 1 aliphatic rings. The Kier molecular flexibility index (Phi) is 6.98. The molecule has 0 aromatic heterocycles. The van der Waals surface area contributed by atoms with E-state index in [0.717, 1.165) is 24.9 Å². The minimum absolute atomic E-state index is 0.678. The summed E-state index contributed by atoms with van der Waals surface area (Å²) in [5.74, 6) is 2.60. The third-order valence-corrected chi connectivity index (χ3v) is 4.34. The molecule has 0 fully saturated rings. The van der Waals surface area contributed by atoms with Crippen molar-refractivity contribution in [1.29, 1.82) is 0 Å². The number of hydrogen-bond acceptors (Lipinski definition) is 2. The first-order valence-corrected chi connectivity index (χ1v) is 7.68. The van der Waals surface area contributed by atoms with Gasteiger partial charge in [0, 0.05) is 0 Å². The molecule has 0 bridgehead atoms. The molecule has 2 heteroatoms. The van der Waals surface area contributed by atoms with Crippen molar-refractivity contribution in [1.82, 2.24) is 0 Å². The van der Waals surface area contributed by atoms with Crippen molar-refractivity contribution in [2.45, 2.75) is 39.4 Å². The lowest BCUT2D eigenvalue weighted by molar-refractivity contribution is 0.108. The van der Waals surface area contributed by atoms with Crippen LogP contribution in [0.4, 0.5) is 0 Å². The fraction of sp³-hybridized carbons (Fsp3) is 0.733. The number of thioether (sulfide) groups is 1. The van der Waals surface area contributed by atoms with Crippen LogP contribution in [0, 0.1) is 11.8 Å². The van der Waals surface area contributed by atoms with Gasteiger partial charge in [0.25, 0.3) is 0 Å². The van der Waals surface area contributed by atoms with Crippen LogP contribution < -0.4 is 0 Å². The Morgan fingerprint density at radius 3 is 2.59 bits per heavy atom. The molecule has 0 saturated heterocycles. The van der Waals surface area contributed by atoms with Gasteiger partial charge in [0.2, 0.25) is 0 Å². The predicted octanol–water partition coefficient (Wildman–Crippen LogP) is 4.30. The quantitative estimate of drug-likeness (QED) is 0.638. The smallest absolute Gasteiger partial charge is 0.0683 e. The van der Waals surface area contributed by atoms with Crippen molar-refractivity contribution >= 4 is 11.8 Å². The molecule has 0 saturated carbocycles. The number of hydrogen-bond donors (Lipinski definition) is 0. The molecule has 0 amide bonds. The molecule has 1 aliphatic carbocycles. The molecule has 1 unspecified atom stereocenters. The van der Waals surface area contributed by atoms with E-state index >= 15 is 0 Å². The highest BCUT2D eigenvalue weighted by atomic mass is 32.2. The van der Waals surface area contributed by atoms with E-state index in [1.54, 1.807) is 0 Å². The summed E-state index contributed by atoms with van der Waals surface area (Å²) in [5.41, 5.74) is 1.41. The molecule has 0 radical (unpaired) electrons. The third-order valence-electron chi connectivity index (χ3n) is 3.05. The van der Waals surface area contributed by atoms with Crippen LogP contribution >= 0.6 is 11.8 Å². The third kappa shape index (κ3) is 6.32. The van der Waals surface area contributed by atoms with Gasteiger partial charge in [-0.1, -0.05) is 45.9 Å². The molecule has 0 spiro atoms. The Hall–Kier alpha value is -0.210. The highest BCUT2D eigenvalue weighted by Crippen LogP contribution is 2.21. The zero-order valence-corrected chi connectivity index (χ0v) is 12.4. The van der Waals surface area contributed by atoms with Crippen molar-refractivity contribution in [3.63, 3.8) is 0 Å². The summed E-state index contributed by atoms with van der Waals surface area (Å²) in [6.07, 6.45) is 7.56. The maximum absolute atomic E-state index is 5.85. The SMILES string of the molecule is CC(C)SCC(COCC1=CC=CC1)C(C)C. The van der Waals surface area contributed by atoms with Gasteiger partial charge in [-0.15, -0.1) is 0 Å². The predicted molar refractivity (Wildman–Crippen MR) is 78.6 cm³/mol. The average molecular weight is 254 g/mol. The molecular formula is C15H26OS. The van der Waals surface area contributed by atoms with E-state index in [-0.39, 0.29) is 0 Å². The van der Waals surface area contributed by atoms with Crippen LogP contribution in [0.1, 0.15) is 34.1 Å². The molecule has 1 atom stereocenters. The van der Waals surface area contributed by atoms with E-state index in [0.29, 0.717) is 11.8 Å². The second-order valence-electron chi connectivity index (χ2n) is 5.36. The average Bonchev–Trinajstić information content (AvgIpc) is 2.74. The van der Waals surface area contributed by atoms with Crippen LogP contribution in [0.15, 0.2) is 23.8 Å². The van der Waals surface area contributed by atoms with Crippen LogP contribution in [-0.4, -0.2) is 24.2 Å². The van der Waals surface area contributed by atoms with E-state index in [4.69, 9.17) is 4.74 Å².